The van der Waals surface area contributed by atoms with Gasteiger partial charge in [0.05, 0.1) is 11.6 Å². The summed E-state index contributed by atoms with van der Waals surface area (Å²) < 4.78 is 63.9. The predicted molar refractivity (Wildman–Crippen MR) is 50.6 cm³/mol. The fourth-order valence-electron chi connectivity index (χ4n) is 1.03. The standard InChI is InChI=1S/C9H6F5N.ClH/c1-2-3(15)4-5(10)7(12)9(14)8(13)6(4)11;/h2-3H,1,15H2;1H/t3-;/m1./s1. The van der Waals surface area contributed by atoms with E-state index in [9.17, 15) is 22.0 Å². The molecule has 0 aliphatic carbocycles. The van der Waals surface area contributed by atoms with E-state index in [0.717, 1.165) is 6.08 Å². The van der Waals surface area contributed by atoms with E-state index < -0.39 is 40.7 Å². The molecule has 1 atom stereocenters. The lowest BCUT2D eigenvalue weighted by atomic mass is 10.1. The minimum absolute atomic E-state index is 0. The Morgan fingerprint density at radius 3 is 1.50 bits per heavy atom. The van der Waals surface area contributed by atoms with Gasteiger partial charge < -0.3 is 5.73 Å². The first-order valence-electron chi connectivity index (χ1n) is 3.81. The van der Waals surface area contributed by atoms with Crippen molar-refractivity contribution in [3.63, 3.8) is 0 Å². The Labute approximate surface area is 94.2 Å². The topological polar surface area (TPSA) is 26.0 Å². The SMILES string of the molecule is C=C[C@@H](N)c1c(F)c(F)c(F)c(F)c1F.Cl. The molecule has 0 saturated carbocycles. The van der Waals surface area contributed by atoms with Crippen molar-refractivity contribution < 1.29 is 22.0 Å². The molecule has 0 saturated heterocycles. The van der Waals surface area contributed by atoms with Gasteiger partial charge in [-0.3, -0.25) is 0 Å². The van der Waals surface area contributed by atoms with E-state index in [2.05, 4.69) is 6.58 Å². The smallest absolute Gasteiger partial charge is 0.200 e. The maximum Gasteiger partial charge on any atom is 0.200 e. The van der Waals surface area contributed by atoms with Gasteiger partial charge in [-0.1, -0.05) is 6.08 Å². The molecule has 1 aromatic rings. The fraction of sp³-hybridized carbons (Fsp3) is 0.111. The molecular formula is C9H7ClF5N. The van der Waals surface area contributed by atoms with E-state index in [-0.39, 0.29) is 12.4 Å². The van der Waals surface area contributed by atoms with Crippen LogP contribution in [0.5, 0.6) is 0 Å². The highest BCUT2D eigenvalue weighted by molar-refractivity contribution is 5.85. The second-order valence-corrected chi connectivity index (χ2v) is 2.75. The molecular weight excluding hydrogens is 253 g/mol. The summed E-state index contributed by atoms with van der Waals surface area (Å²) in [6.45, 7) is 3.10. The summed E-state index contributed by atoms with van der Waals surface area (Å²) in [5, 5.41) is 0. The fourth-order valence-corrected chi connectivity index (χ4v) is 1.03. The Morgan fingerprint density at radius 2 is 1.19 bits per heavy atom. The Kier molecular flexibility index (Phi) is 4.89. The van der Waals surface area contributed by atoms with Crippen LogP contribution in [0.1, 0.15) is 11.6 Å². The molecule has 1 nitrogen and oxygen atoms in total. The lowest BCUT2D eigenvalue weighted by molar-refractivity contribution is 0.367. The van der Waals surface area contributed by atoms with E-state index in [0.29, 0.717) is 0 Å². The molecule has 0 amide bonds. The molecule has 16 heavy (non-hydrogen) atoms. The van der Waals surface area contributed by atoms with Crippen molar-refractivity contribution in [1.82, 2.24) is 0 Å². The first-order valence-corrected chi connectivity index (χ1v) is 3.81. The number of hydrogen-bond acceptors (Lipinski definition) is 1. The summed E-state index contributed by atoms with van der Waals surface area (Å²) >= 11 is 0. The third-order valence-electron chi connectivity index (χ3n) is 1.83. The van der Waals surface area contributed by atoms with Crippen LogP contribution in [0, 0.1) is 29.1 Å². The maximum atomic E-state index is 13.0. The van der Waals surface area contributed by atoms with Crippen molar-refractivity contribution in [2.24, 2.45) is 5.73 Å². The molecule has 7 heteroatoms. The molecule has 0 radical (unpaired) electrons. The molecule has 0 aromatic heterocycles. The number of benzene rings is 1. The van der Waals surface area contributed by atoms with Crippen LogP contribution < -0.4 is 5.73 Å². The lowest BCUT2D eigenvalue weighted by Gasteiger charge is -2.11. The highest BCUT2D eigenvalue weighted by atomic mass is 35.5. The van der Waals surface area contributed by atoms with Crippen LogP contribution in [0.15, 0.2) is 12.7 Å². The quantitative estimate of drug-likeness (QED) is 0.376. The number of halogens is 6. The van der Waals surface area contributed by atoms with Gasteiger partial charge in [-0.25, -0.2) is 22.0 Å². The Morgan fingerprint density at radius 1 is 0.875 bits per heavy atom. The van der Waals surface area contributed by atoms with Crippen LogP contribution in [0.3, 0.4) is 0 Å². The Hall–Kier alpha value is -1.14. The number of hydrogen-bond donors (Lipinski definition) is 1. The van der Waals surface area contributed by atoms with Gasteiger partial charge in [-0.2, -0.15) is 0 Å². The van der Waals surface area contributed by atoms with Crippen molar-refractivity contribution >= 4 is 12.4 Å². The van der Waals surface area contributed by atoms with E-state index in [4.69, 9.17) is 5.73 Å². The second-order valence-electron chi connectivity index (χ2n) is 2.75. The molecule has 0 aliphatic rings. The van der Waals surface area contributed by atoms with Gasteiger partial charge >= 0.3 is 0 Å². The van der Waals surface area contributed by atoms with Crippen LogP contribution >= 0.6 is 12.4 Å². The minimum Gasteiger partial charge on any atom is -0.321 e. The number of rotatable bonds is 2. The zero-order valence-corrected chi connectivity index (χ0v) is 8.55. The summed E-state index contributed by atoms with van der Waals surface area (Å²) in [4.78, 5) is 0. The summed E-state index contributed by atoms with van der Waals surface area (Å²) in [5.74, 6) is -10.1. The summed E-state index contributed by atoms with van der Waals surface area (Å²) in [5.41, 5.74) is 4.05. The lowest BCUT2D eigenvalue weighted by Crippen LogP contribution is -2.15. The van der Waals surface area contributed by atoms with Gasteiger partial charge in [-0.15, -0.1) is 19.0 Å². The average molecular weight is 260 g/mol. The van der Waals surface area contributed by atoms with E-state index in [1.54, 1.807) is 0 Å². The zero-order chi connectivity index (χ0) is 11.7. The van der Waals surface area contributed by atoms with Gasteiger partial charge in [0, 0.05) is 0 Å². The van der Waals surface area contributed by atoms with Gasteiger partial charge in [-0.05, 0) is 0 Å². The molecule has 0 fully saturated rings. The van der Waals surface area contributed by atoms with Crippen LogP contribution in [0.4, 0.5) is 22.0 Å². The maximum absolute atomic E-state index is 13.0. The molecule has 0 aliphatic heterocycles. The number of nitrogens with two attached hydrogens (primary N) is 1. The largest absolute Gasteiger partial charge is 0.321 e. The van der Waals surface area contributed by atoms with Crippen LogP contribution in [0.25, 0.3) is 0 Å². The van der Waals surface area contributed by atoms with E-state index in [1.807, 2.05) is 0 Å². The average Bonchev–Trinajstić information content (AvgIpc) is 2.23. The summed E-state index contributed by atoms with van der Waals surface area (Å²) in [6.07, 6.45) is 0.873. The van der Waals surface area contributed by atoms with Crippen molar-refractivity contribution in [3.8, 4) is 0 Å². The van der Waals surface area contributed by atoms with Gasteiger partial charge in [0.1, 0.15) is 0 Å². The van der Waals surface area contributed by atoms with Crippen LogP contribution in [-0.4, -0.2) is 0 Å². The normalized spacial score (nSPS) is 11.9. The molecule has 0 bridgehead atoms. The van der Waals surface area contributed by atoms with Crippen LogP contribution in [-0.2, 0) is 0 Å². The van der Waals surface area contributed by atoms with Crippen molar-refractivity contribution in [2.75, 3.05) is 0 Å². The highest BCUT2D eigenvalue weighted by Crippen LogP contribution is 2.26. The molecule has 1 rings (SSSR count). The van der Waals surface area contributed by atoms with Crippen molar-refractivity contribution in [3.05, 3.63) is 47.3 Å². The Balaban J connectivity index is 0.00000225. The summed E-state index contributed by atoms with van der Waals surface area (Å²) in [7, 11) is 0. The first kappa shape index (κ1) is 14.9. The van der Waals surface area contributed by atoms with Gasteiger partial charge in [0.15, 0.2) is 23.3 Å². The van der Waals surface area contributed by atoms with E-state index in [1.165, 1.54) is 0 Å². The monoisotopic (exact) mass is 259 g/mol. The predicted octanol–water partition coefficient (Wildman–Crippen LogP) is 2.99. The van der Waals surface area contributed by atoms with Gasteiger partial charge in [0.25, 0.3) is 0 Å². The van der Waals surface area contributed by atoms with Crippen molar-refractivity contribution in [2.45, 2.75) is 6.04 Å². The van der Waals surface area contributed by atoms with Crippen molar-refractivity contribution in [1.29, 1.82) is 0 Å². The molecule has 0 unspecified atom stereocenters. The Bertz CT molecular complexity index is 392. The zero-order valence-electron chi connectivity index (χ0n) is 7.74. The minimum atomic E-state index is -2.20. The third-order valence-corrected chi connectivity index (χ3v) is 1.83. The first-order chi connectivity index (χ1) is 6.91. The summed E-state index contributed by atoms with van der Waals surface area (Å²) in [6, 6.07) is -1.45. The molecule has 1 aromatic carbocycles. The molecule has 90 valence electrons. The second kappa shape index (κ2) is 5.27. The third kappa shape index (κ3) is 2.17. The molecule has 0 heterocycles. The highest BCUT2D eigenvalue weighted by Gasteiger charge is 2.27. The molecule has 2 N–H and O–H groups in total. The van der Waals surface area contributed by atoms with Crippen LogP contribution in [0.2, 0.25) is 0 Å². The van der Waals surface area contributed by atoms with E-state index >= 15 is 0 Å². The van der Waals surface area contributed by atoms with Gasteiger partial charge in [0.2, 0.25) is 5.82 Å². The molecule has 0 spiro atoms.